The molecule has 122 valence electrons. The van der Waals surface area contributed by atoms with E-state index in [1.807, 2.05) is 13.0 Å². The van der Waals surface area contributed by atoms with Crippen LogP contribution in [0.1, 0.15) is 25.3 Å². The third kappa shape index (κ3) is 5.45. The van der Waals surface area contributed by atoms with Gasteiger partial charge in [-0.2, -0.15) is 0 Å². The highest BCUT2D eigenvalue weighted by molar-refractivity contribution is 7.71. The second kappa shape index (κ2) is 9.43. The van der Waals surface area contributed by atoms with Crippen molar-refractivity contribution in [2.45, 2.75) is 26.2 Å². The smallest absolute Gasteiger partial charge is 0.0519 e. The van der Waals surface area contributed by atoms with Crippen molar-refractivity contribution in [3.8, 4) is 11.1 Å². The van der Waals surface area contributed by atoms with Gasteiger partial charge in [0.2, 0.25) is 0 Å². The normalized spacial score (nSPS) is 11.2. The van der Waals surface area contributed by atoms with Crippen LogP contribution in [0.3, 0.4) is 0 Å². The summed E-state index contributed by atoms with van der Waals surface area (Å²) in [6.07, 6.45) is 11.7. The maximum Gasteiger partial charge on any atom is 0.0519 e. The summed E-state index contributed by atoms with van der Waals surface area (Å²) >= 11 is 5.70. The Balaban J connectivity index is 2.07. The van der Waals surface area contributed by atoms with E-state index in [2.05, 4.69) is 60.4 Å². The van der Waals surface area contributed by atoms with Crippen molar-refractivity contribution in [3.05, 3.63) is 65.0 Å². The van der Waals surface area contributed by atoms with Gasteiger partial charge in [-0.1, -0.05) is 54.7 Å². The van der Waals surface area contributed by atoms with Crippen molar-refractivity contribution in [3.63, 3.8) is 0 Å². The van der Waals surface area contributed by atoms with Gasteiger partial charge in [0.1, 0.15) is 0 Å². The van der Waals surface area contributed by atoms with Crippen LogP contribution in [0.4, 0.5) is 0 Å². The number of benzene rings is 1. The molecule has 0 unspecified atom stereocenters. The fourth-order valence-corrected chi connectivity index (χ4v) is 2.83. The Hall–Kier alpha value is -1.71. The summed E-state index contributed by atoms with van der Waals surface area (Å²) in [7, 11) is 2.05. The minimum atomic E-state index is 0.797. The van der Waals surface area contributed by atoms with Crippen molar-refractivity contribution in [2.24, 2.45) is 7.05 Å². The Morgan fingerprint density at radius 3 is 2.65 bits per heavy atom. The predicted octanol–water partition coefficient (Wildman–Crippen LogP) is 5.34. The van der Waals surface area contributed by atoms with E-state index in [9.17, 15) is 0 Å². The van der Waals surface area contributed by atoms with Crippen LogP contribution < -0.4 is 0 Å². The van der Waals surface area contributed by atoms with Crippen LogP contribution in [0.15, 0.2) is 54.9 Å². The Kier molecular flexibility index (Phi) is 7.24. The van der Waals surface area contributed by atoms with Gasteiger partial charge in [-0.3, -0.25) is 0 Å². The van der Waals surface area contributed by atoms with E-state index >= 15 is 0 Å². The number of pyridine rings is 1. The van der Waals surface area contributed by atoms with E-state index in [0.29, 0.717) is 0 Å². The lowest BCUT2D eigenvalue weighted by molar-refractivity contribution is 0.145. The lowest BCUT2D eigenvalue weighted by Gasteiger charge is -2.09. The molecule has 2 aromatic rings. The molecule has 2 nitrogen and oxygen atoms in total. The Morgan fingerprint density at radius 1 is 1.13 bits per heavy atom. The first-order valence-electron chi connectivity index (χ1n) is 8.19. The molecule has 1 aromatic heterocycles. The topological polar surface area (TPSA) is 14.2 Å². The van der Waals surface area contributed by atoms with E-state index in [4.69, 9.17) is 17.0 Å². The number of ether oxygens (including phenoxy) is 1. The average molecular weight is 327 g/mol. The van der Waals surface area contributed by atoms with Crippen molar-refractivity contribution in [2.75, 3.05) is 13.2 Å². The summed E-state index contributed by atoms with van der Waals surface area (Å²) in [5.74, 6) is 0. The molecule has 0 saturated heterocycles. The number of hydrogen-bond donors (Lipinski definition) is 0. The van der Waals surface area contributed by atoms with Crippen LogP contribution in [-0.4, -0.2) is 17.8 Å². The molecule has 0 aliphatic heterocycles. The second-order valence-corrected chi connectivity index (χ2v) is 5.98. The Bertz CT molecular complexity index is 689. The molecule has 23 heavy (non-hydrogen) atoms. The van der Waals surface area contributed by atoms with Gasteiger partial charge < -0.3 is 9.30 Å². The van der Waals surface area contributed by atoms with Gasteiger partial charge in [0.05, 0.1) is 4.51 Å². The molecule has 0 radical (unpaired) electrons. The molecule has 1 heterocycles. The highest BCUT2D eigenvalue weighted by Gasteiger charge is 2.04. The van der Waals surface area contributed by atoms with Gasteiger partial charge in [0, 0.05) is 38.2 Å². The lowest BCUT2D eigenvalue weighted by atomic mass is 10.0. The monoisotopic (exact) mass is 327 g/mol. The largest absolute Gasteiger partial charge is 0.382 e. The van der Waals surface area contributed by atoms with Crippen LogP contribution in [0.5, 0.6) is 0 Å². The number of nitrogens with zero attached hydrogens (tertiary/aromatic N) is 1. The van der Waals surface area contributed by atoms with Gasteiger partial charge in [-0.25, -0.2) is 0 Å². The molecule has 3 heteroatoms. The first-order valence-corrected chi connectivity index (χ1v) is 8.60. The van der Waals surface area contributed by atoms with Crippen molar-refractivity contribution in [1.29, 1.82) is 0 Å². The maximum absolute atomic E-state index is 5.70. The summed E-state index contributed by atoms with van der Waals surface area (Å²) in [5, 5.41) is 0. The third-order valence-electron chi connectivity index (χ3n) is 3.68. The molecule has 0 spiro atoms. The molecule has 0 N–H and O–H groups in total. The van der Waals surface area contributed by atoms with Crippen LogP contribution in [0, 0.1) is 4.51 Å². The molecule has 0 saturated carbocycles. The maximum atomic E-state index is 5.70. The lowest BCUT2D eigenvalue weighted by Crippen LogP contribution is -1.97. The van der Waals surface area contributed by atoms with Crippen molar-refractivity contribution >= 4 is 12.2 Å². The third-order valence-corrected chi connectivity index (χ3v) is 4.16. The fraction of sp³-hybridized carbons (Fsp3) is 0.350. The fourth-order valence-electron chi connectivity index (χ4n) is 2.52. The zero-order valence-corrected chi connectivity index (χ0v) is 14.8. The highest BCUT2D eigenvalue weighted by atomic mass is 32.1. The van der Waals surface area contributed by atoms with Crippen molar-refractivity contribution < 1.29 is 4.74 Å². The van der Waals surface area contributed by atoms with Crippen LogP contribution in [0.2, 0.25) is 0 Å². The van der Waals surface area contributed by atoms with Gasteiger partial charge in [0.25, 0.3) is 0 Å². The molecular formula is C20H25NOS. The molecule has 0 amide bonds. The molecule has 0 aliphatic rings. The van der Waals surface area contributed by atoms with E-state index in [-0.39, 0.29) is 0 Å². The number of unbranched alkanes of at least 4 members (excludes halogenated alkanes) is 1. The van der Waals surface area contributed by atoms with Gasteiger partial charge in [-0.15, -0.1) is 0 Å². The van der Waals surface area contributed by atoms with Crippen LogP contribution in [0.25, 0.3) is 11.1 Å². The van der Waals surface area contributed by atoms with E-state index in [1.54, 1.807) is 0 Å². The molecular weight excluding hydrogens is 302 g/mol. The average Bonchev–Trinajstić information content (AvgIpc) is 2.57. The zero-order valence-electron chi connectivity index (χ0n) is 14.0. The van der Waals surface area contributed by atoms with E-state index in [1.165, 1.54) is 11.1 Å². The Labute approximate surface area is 144 Å². The molecule has 0 bridgehead atoms. The predicted molar refractivity (Wildman–Crippen MR) is 100 cm³/mol. The number of aryl methyl sites for hydroxylation is 1. The van der Waals surface area contributed by atoms with Gasteiger partial charge in [-0.05, 0) is 37.3 Å². The van der Waals surface area contributed by atoms with Crippen molar-refractivity contribution in [1.82, 2.24) is 4.57 Å². The SMILES string of the molecule is CCOCCC/C=C/Cc1cn(C)cc(-c2ccccc2)c1=S. The summed E-state index contributed by atoms with van der Waals surface area (Å²) in [6, 6.07) is 10.3. The number of hydrogen-bond acceptors (Lipinski definition) is 2. The summed E-state index contributed by atoms with van der Waals surface area (Å²) in [6.45, 7) is 3.66. The highest BCUT2D eigenvalue weighted by Crippen LogP contribution is 2.22. The molecule has 1 aromatic carbocycles. The van der Waals surface area contributed by atoms with E-state index < -0.39 is 0 Å². The zero-order chi connectivity index (χ0) is 16.5. The van der Waals surface area contributed by atoms with Crippen LogP contribution >= 0.6 is 12.2 Å². The Morgan fingerprint density at radius 2 is 1.91 bits per heavy atom. The van der Waals surface area contributed by atoms with Gasteiger partial charge >= 0.3 is 0 Å². The van der Waals surface area contributed by atoms with E-state index in [0.717, 1.165) is 42.5 Å². The summed E-state index contributed by atoms with van der Waals surface area (Å²) in [5.41, 5.74) is 3.51. The molecule has 0 fully saturated rings. The number of rotatable bonds is 8. The first-order chi connectivity index (χ1) is 11.2. The molecule has 2 rings (SSSR count). The first kappa shape index (κ1) is 17.6. The second-order valence-electron chi connectivity index (χ2n) is 5.57. The quantitative estimate of drug-likeness (QED) is 0.369. The summed E-state index contributed by atoms with van der Waals surface area (Å²) < 4.78 is 8.39. The minimum Gasteiger partial charge on any atom is -0.382 e. The van der Waals surface area contributed by atoms with Gasteiger partial charge in [0.15, 0.2) is 0 Å². The minimum absolute atomic E-state index is 0.797. The standard InChI is InChI=1S/C20H25NOS/c1-3-22-14-10-5-4-7-13-18-15-21(2)16-19(20(18)23)17-11-8-6-9-12-17/h4,6-9,11-12,15-16H,3,5,10,13-14H2,1-2H3/b7-4+. The number of aromatic nitrogens is 1. The molecule has 0 aliphatic carbocycles. The molecule has 0 atom stereocenters. The number of allylic oxidation sites excluding steroid dienone is 2. The van der Waals surface area contributed by atoms with Crippen LogP contribution in [-0.2, 0) is 18.2 Å². The summed E-state index contributed by atoms with van der Waals surface area (Å²) in [4.78, 5) is 0.